The van der Waals surface area contributed by atoms with E-state index in [0.717, 1.165) is 11.1 Å². The Morgan fingerprint density at radius 2 is 1.75 bits per heavy atom. The van der Waals surface area contributed by atoms with Gasteiger partial charge in [0.2, 0.25) is 0 Å². The van der Waals surface area contributed by atoms with Crippen LogP contribution in [0.4, 0.5) is 0 Å². The summed E-state index contributed by atoms with van der Waals surface area (Å²) in [7, 11) is 3.15. The van der Waals surface area contributed by atoms with Crippen LogP contribution in [0, 0.1) is 22.7 Å². The highest BCUT2D eigenvalue weighted by molar-refractivity contribution is 5.76. The predicted molar refractivity (Wildman–Crippen MR) is 106 cm³/mol. The fraction of sp³-hybridized carbons (Fsp3) is 0.136. The first-order chi connectivity index (χ1) is 13.7. The summed E-state index contributed by atoms with van der Waals surface area (Å²) in [4.78, 5) is 0. The Balaban J connectivity index is 2.09. The first-order valence-electron chi connectivity index (χ1n) is 8.54. The van der Waals surface area contributed by atoms with Gasteiger partial charge in [-0.25, -0.2) is 0 Å². The van der Waals surface area contributed by atoms with Crippen molar-refractivity contribution in [3.63, 3.8) is 0 Å². The third kappa shape index (κ3) is 4.03. The second-order valence-corrected chi connectivity index (χ2v) is 5.97. The van der Waals surface area contributed by atoms with E-state index in [9.17, 15) is 0 Å². The molecule has 28 heavy (non-hydrogen) atoms. The summed E-state index contributed by atoms with van der Waals surface area (Å²) in [6.07, 6.45) is 3.37. The average Bonchev–Trinajstić information content (AvgIpc) is 3.14. The standard InChI is InChI=1S/C22H18N4O2/c1-27-20-9-8-18(11-21(20)28-2)22-19(10-17(12-23)13-24)15-26(25-22)14-16-6-4-3-5-7-16/h3-11,15H,14H2,1-2H3. The summed E-state index contributed by atoms with van der Waals surface area (Å²) in [5.41, 5.74) is 3.24. The number of hydrogen-bond acceptors (Lipinski definition) is 5. The summed E-state index contributed by atoms with van der Waals surface area (Å²) in [6, 6.07) is 19.2. The second-order valence-electron chi connectivity index (χ2n) is 5.97. The van der Waals surface area contributed by atoms with Gasteiger partial charge in [-0.3, -0.25) is 4.68 Å². The molecule has 1 heterocycles. The third-order valence-electron chi connectivity index (χ3n) is 4.18. The molecule has 0 bridgehead atoms. The Kier molecular flexibility index (Phi) is 5.74. The van der Waals surface area contributed by atoms with Crippen LogP contribution in [0.5, 0.6) is 11.5 Å². The molecule has 2 aromatic carbocycles. The fourth-order valence-corrected chi connectivity index (χ4v) is 2.85. The molecule has 0 N–H and O–H groups in total. The number of benzene rings is 2. The highest BCUT2D eigenvalue weighted by Gasteiger charge is 2.14. The van der Waals surface area contributed by atoms with Crippen LogP contribution in [0.3, 0.4) is 0 Å². The van der Waals surface area contributed by atoms with Gasteiger partial charge in [-0.05, 0) is 29.8 Å². The molecule has 0 amide bonds. The largest absolute Gasteiger partial charge is 0.493 e. The van der Waals surface area contributed by atoms with Crippen LogP contribution in [-0.2, 0) is 6.54 Å². The Hall–Kier alpha value is -4.03. The molecule has 3 aromatic rings. The minimum absolute atomic E-state index is 0.0148. The molecular formula is C22H18N4O2. The van der Waals surface area contributed by atoms with E-state index in [4.69, 9.17) is 20.0 Å². The van der Waals surface area contributed by atoms with Gasteiger partial charge >= 0.3 is 0 Å². The Morgan fingerprint density at radius 3 is 2.39 bits per heavy atom. The first kappa shape index (κ1) is 18.8. The van der Waals surface area contributed by atoms with Crippen LogP contribution in [0.2, 0.25) is 0 Å². The van der Waals surface area contributed by atoms with Crippen molar-refractivity contribution in [2.45, 2.75) is 6.54 Å². The molecule has 0 spiro atoms. The van der Waals surface area contributed by atoms with Gasteiger partial charge in [-0.1, -0.05) is 30.3 Å². The second kappa shape index (κ2) is 8.57. The maximum absolute atomic E-state index is 9.14. The summed E-state index contributed by atoms with van der Waals surface area (Å²) < 4.78 is 12.5. The number of aromatic nitrogens is 2. The molecule has 0 atom stereocenters. The normalized spacial score (nSPS) is 9.86. The smallest absolute Gasteiger partial charge is 0.161 e. The van der Waals surface area contributed by atoms with Crippen molar-refractivity contribution < 1.29 is 9.47 Å². The lowest BCUT2D eigenvalue weighted by Crippen LogP contribution is -2.00. The number of hydrogen-bond donors (Lipinski definition) is 0. The predicted octanol–water partition coefficient (Wildman–Crippen LogP) is 4.05. The molecule has 1 aromatic heterocycles. The quantitative estimate of drug-likeness (QED) is 0.611. The zero-order chi connectivity index (χ0) is 19.9. The number of nitriles is 2. The molecule has 0 aliphatic heterocycles. The molecule has 6 heteroatoms. The molecule has 3 rings (SSSR count). The molecule has 0 saturated carbocycles. The van der Waals surface area contributed by atoms with E-state index in [0.29, 0.717) is 29.3 Å². The van der Waals surface area contributed by atoms with Crippen LogP contribution >= 0.6 is 0 Å². The SMILES string of the molecule is COc1ccc(-c2nn(Cc3ccccc3)cc2C=C(C#N)C#N)cc1OC. The zero-order valence-electron chi connectivity index (χ0n) is 15.6. The fourth-order valence-electron chi connectivity index (χ4n) is 2.85. The van der Waals surface area contributed by atoms with E-state index in [-0.39, 0.29) is 5.57 Å². The van der Waals surface area contributed by atoms with E-state index in [1.807, 2.05) is 60.8 Å². The minimum atomic E-state index is 0.0148. The first-order valence-corrected chi connectivity index (χ1v) is 8.54. The zero-order valence-corrected chi connectivity index (χ0v) is 15.6. The van der Waals surface area contributed by atoms with E-state index >= 15 is 0 Å². The number of methoxy groups -OCH3 is 2. The Labute approximate surface area is 163 Å². The van der Waals surface area contributed by atoms with Crippen molar-refractivity contribution in [3.05, 3.63) is 71.4 Å². The number of nitrogens with zero attached hydrogens (tertiary/aromatic N) is 4. The molecule has 6 nitrogen and oxygen atoms in total. The highest BCUT2D eigenvalue weighted by Crippen LogP contribution is 2.33. The van der Waals surface area contributed by atoms with Gasteiger partial charge in [-0.15, -0.1) is 0 Å². The van der Waals surface area contributed by atoms with Crippen molar-refractivity contribution in [2.24, 2.45) is 0 Å². The van der Waals surface area contributed by atoms with E-state index in [1.54, 1.807) is 31.0 Å². The monoisotopic (exact) mass is 370 g/mol. The molecule has 0 aliphatic rings. The van der Waals surface area contributed by atoms with Gasteiger partial charge in [0, 0.05) is 17.3 Å². The Bertz CT molecular complexity index is 1070. The van der Waals surface area contributed by atoms with Crippen LogP contribution in [-0.4, -0.2) is 24.0 Å². The third-order valence-corrected chi connectivity index (χ3v) is 4.18. The number of ether oxygens (including phenoxy) is 2. The summed E-state index contributed by atoms with van der Waals surface area (Å²) in [6.45, 7) is 0.573. The molecule has 0 unspecified atom stereocenters. The van der Waals surface area contributed by atoms with E-state index < -0.39 is 0 Å². The van der Waals surface area contributed by atoms with Gasteiger partial charge < -0.3 is 9.47 Å². The van der Waals surface area contributed by atoms with Gasteiger partial charge in [0.15, 0.2) is 11.5 Å². The summed E-state index contributed by atoms with van der Waals surface area (Å²) in [5.74, 6) is 1.19. The van der Waals surface area contributed by atoms with Crippen molar-refractivity contribution in [3.8, 4) is 34.9 Å². The van der Waals surface area contributed by atoms with Gasteiger partial charge in [0.05, 0.1) is 26.5 Å². The van der Waals surface area contributed by atoms with E-state index in [2.05, 4.69) is 5.10 Å². The van der Waals surface area contributed by atoms with Crippen LogP contribution in [0.25, 0.3) is 17.3 Å². The van der Waals surface area contributed by atoms with Gasteiger partial charge in [0.1, 0.15) is 17.7 Å². The molecule has 0 aliphatic carbocycles. The van der Waals surface area contributed by atoms with Crippen LogP contribution < -0.4 is 9.47 Å². The van der Waals surface area contributed by atoms with Crippen LogP contribution in [0.15, 0.2) is 60.3 Å². The van der Waals surface area contributed by atoms with Crippen molar-refractivity contribution >= 4 is 6.08 Å². The van der Waals surface area contributed by atoms with E-state index in [1.165, 1.54) is 0 Å². The maximum atomic E-state index is 9.14. The van der Waals surface area contributed by atoms with Crippen molar-refractivity contribution in [1.29, 1.82) is 10.5 Å². The number of rotatable bonds is 6. The average molecular weight is 370 g/mol. The summed E-state index contributed by atoms with van der Waals surface area (Å²) in [5, 5.41) is 23.0. The Morgan fingerprint density at radius 1 is 1.04 bits per heavy atom. The highest BCUT2D eigenvalue weighted by atomic mass is 16.5. The lowest BCUT2D eigenvalue weighted by Gasteiger charge is -2.09. The molecule has 0 fully saturated rings. The molecule has 0 saturated heterocycles. The van der Waals surface area contributed by atoms with Crippen molar-refractivity contribution in [1.82, 2.24) is 9.78 Å². The lowest BCUT2D eigenvalue weighted by atomic mass is 10.1. The summed E-state index contributed by atoms with van der Waals surface area (Å²) >= 11 is 0. The maximum Gasteiger partial charge on any atom is 0.161 e. The van der Waals surface area contributed by atoms with Gasteiger partial charge in [-0.2, -0.15) is 15.6 Å². The van der Waals surface area contributed by atoms with Crippen LogP contribution in [0.1, 0.15) is 11.1 Å². The molecule has 138 valence electrons. The molecule has 0 radical (unpaired) electrons. The minimum Gasteiger partial charge on any atom is -0.493 e. The topological polar surface area (TPSA) is 83.9 Å². The van der Waals surface area contributed by atoms with Gasteiger partial charge in [0.25, 0.3) is 0 Å². The van der Waals surface area contributed by atoms with Crippen molar-refractivity contribution in [2.75, 3.05) is 14.2 Å². The lowest BCUT2D eigenvalue weighted by molar-refractivity contribution is 0.355. The number of allylic oxidation sites excluding steroid dienone is 1. The molecular weight excluding hydrogens is 352 g/mol.